The van der Waals surface area contributed by atoms with Crippen molar-refractivity contribution in [3.05, 3.63) is 0 Å². The van der Waals surface area contributed by atoms with Crippen LogP contribution in [0.4, 0.5) is 0 Å². The molecule has 0 amide bonds. The third-order valence-electron chi connectivity index (χ3n) is 3.25. The molecule has 0 unspecified atom stereocenters. The SMILES string of the molecule is CCCCC[N+](CC)(CC)CC. The van der Waals surface area contributed by atoms with Crippen LogP contribution in [0.25, 0.3) is 0 Å². The molecular formula is C11H26N+. The predicted molar refractivity (Wildman–Crippen MR) is 56.3 cm³/mol. The molecule has 0 atom stereocenters. The Morgan fingerprint density at radius 1 is 0.750 bits per heavy atom. The van der Waals surface area contributed by atoms with E-state index in [1.165, 1.54) is 49.9 Å². The number of nitrogens with zero attached hydrogens (tertiary/aromatic N) is 1. The molecule has 0 radical (unpaired) electrons. The van der Waals surface area contributed by atoms with E-state index in [2.05, 4.69) is 27.7 Å². The molecule has 0 aromatic rings. The van der Waals surface area contributed by atoms with Gasteiger partial charge in [-0.25, -0.2) is 0 Å². The van der Waals surface area contributed by atoms with E-state index in [9.17, 15) is 0 Å². The summed E-state index contributed by atoms with van der Waals surface area (Å²) in [5.41, 5.74) is 0. The first-order valence-corrected chi connectivity index (χ1v) is 5.59. The van der Waals surface area contributed by atoms with E-state index in [-0.39, 0.29) is 0 Å². The Morgan fingerprint density at radius 2 is 1.25 bits per heavy atom. The molecular weight excluding hydrogens is 146 g/mol. The van der Waals surface area contributed by atoms with E-state index >= 15 is 0 Å². The molecule has 0 aromatic heterocycles. The molecule has 0 saturated heterocycles. The first-order chi connectivity index (χ1) is 5.74. The lowest BCUT2D eigenvalue weighted by atomic mass is 10.2. The molecule has 0 heterocycles. The summed E-state index contributed by atoms with van der Waals surface area (Å²) in [5, 5.41) is 0. The molecule has 0 fully saturated rings. The van der Waals surface area contributed by atoms with E-state index in [1.54, 1.807) is 0 Å². The van der Waals surface area contributed by atoms with Gasteiger partial charge in [-0.2, -0.15) is 0 Å². The lowest BCUT2D eigenvalue weighted by Gasteiger charge is -2.35. The zero-order valence-electron chi connectivity index (χ0n) is 9.40. The van der Waals surface area contributed by atoms with Gasteiger partial charge in [-0.05, 0) is 33.6 Å². The van der Waals surface area contributed by atoms with E-state index in [4.69, 9.17) is 0 Å². The minimum Gasteiger partial charge on any atom is -0.324 e. The fourth-order valence-electron chi connectivity index (χ4n) is 1.84. The van der Waals surface area contributed by atoms with Gasteiger partial charge in [0, 0.05) is 0 Å². The van der Waals surface area contributed by atoms with Crippen LogP contribution in [0.1, 0.15) is 47.0 Å². The molecule has 74 valence electrons. The quantitative estimate of drug-likeness (QED) is 0.409. The summed E-state index contributed by atoms with van der Waals surface area (Å²) in [5.74, 6) is 0. The molecule has 1 heteroatoms. The van der Waals surface area contributed by atoms with Crippen molar-refractivity contribution in [2.45, 2.75) is 47.0 Å². The topological polar surface area (TPSA) is 0 Å². The maximum absolute atomic E-state index is 2.32. The van der Waals surface area contributed by atoms with E-state index in [0.29, 0.717) is 0 Å². The minimum atomic E-state index is 1.30. The third-order valence-corrected chi connectivity index (χ3v) is 3.25. The second kappa shape index (κ2) is 6.47. The summed E-state index contributed by atoms with van der Waals surface area (Å²) in [4.78, 5) is 0. The van der Waals surface area contributed by atoms with Gasteiger partial charge in [0.25, 0.3) is 0 Å². The molecule has 0 aromatic carbocycles. The van der Waals surface area contributed by atoms with Crippen LogP contribution < -0.4 is 0 Å². The standard InChI is InChI=1S/C11H26N/c1-5-9-10-11-12(6-2,7-3)8-4/h5-11H2,1-4H3/q+1. The number of quaternary nitrogens is 1. The van der Waals surface area contributed by atoms with Gasteiger partial charge in [0.1, 0.15) is 0 Å². The number of hydrogen-bond donors (Lipinski definition) is 0. The van der Waals surface area contributed by atoms with Crippen molar-refractivity contribution >= 4 is 0 Å². The summed E-state index contributed by atoms with van der Waals surface area (Å²) >= 11 is 0. The Balaban J connectivity index is 3.76. The van der Waals surface area contributed by atoms with Crippen LogP contribution in [0.5, 0.6) is 0 Å². The molecule has 12 heavy (non-hydrogen) atoms. The van der Waals surface area contributed by atoms with Gasteiger partial charge < -0.3 is 4.48 Å². The second-order valence-corrected chi connectivity index (χ2v) is 3.72. The van der Waals surface area contributed by atoms with Gasteiger partial charge >= 0.3 is 0 Å². The Labute approximate surface area is 78.4 Å². The monoisotopic (exact) mass is 172 g/mol. The molecule has 0 saturated carbocycles. The van der Waals surface area contributed by atoms with Crippen LogP contribution in [0.15, 0.2) is 0 Å². The summed E-state index contributed by atoms with van der Waals surface area (Å²) < 4.78 is 1.32. The zero-order valence-corrected chi connectivity index (χ0v) is 9.40. The fourth-order valence-corrected chi connectivity index (χ4v) is 1.84. The van der Waals surface area contributed by atoms with Gasteiger partial charge in [0.05, 0.1) is 26.2 Å². The van der Waals surface area contributed by atoms with Crippen molar-refractivity contribution in [3.8, 4) is 0 Å². The van der Waals surface area contributed by atoms with E-state index in [0.717, 1.165) is 0 Å². The highest BCUT2D eigenvalue weighted by molar-refractivity contribution is 4.41. The Morgan fingerprint density at radius 3 is 1.58 bits per heavy atom. The molecule has 0 spiro atoms. The van der Waals surface area contributed by atoms with Gasteiger partial charge in [0.15, 0.2) is 0 Å². The molecule has 0 N–H and O–H groups in total. The van der Waals surface area contributed by atoms with Crippen LogP contribution >= 0.6 is 0 Å². The first-order valence-electron chi connectivity index (χ1n) is 5.59. The zero-order chi connectivity index (χ0) is 9.45. The van der Waals surface area contributed by atoms with Crippen molar-refractivity contribution in [3.63, 3.8) is 0 Å². The highest BCUT2D eigenvalue weighted by Gasteiger charge is 2.18. The van der Waals surface area contributed by atoms with E-state index in [1.807, 2.05) is 0 Å². The molecule has 0 rings (SSSR count). The first kappa shape index (κ1) is 12.0. The lowest BCUT2D eigenvalue weighted by molar-refractivity contribution is -0.923. The van der Waals surface area contributed by atoms with Crippen LogP contribution in [0, 0.1) is 0 Å². The Bertz CT molecular complexity index is 86.9. The average Bonchev–Trinajstić information content (AvgIpc) is 2.14. The van der Waals surface area contributed by atoms with Crippen molar-refractivity contribution in [2.75, 3.05) is 26.2 Å². The van der Waals surface area contributed by atoms with Crippen molar-refractivity contribution in [2.24, 2.45) is 0 Å². The largest absolute Gasteiger partial charge is 0.324 e. The highest BCUT2D eigenvalue weighted by Crippen LogP contribution is 2.09. The minimum absolute atomic E-state index is 1.30. The van der Waals surface area contributed by atoms with Crippen LogP contribution in [-0.2, 0) is 0 Å². The fraction of sp³-hybridized carbons (Fsp3) is 1.00. The maximum Gasteiger partial charge on any atom is 0.0786 e. The van der Waals surface area contributed by atoms with Crippen molar-refractivity contribution < 1.29 is 4.48 Å². The third kappa shape index (κ3) is 3.57. The second-order valence-electron chi connectivity index (χ2n) is 3.72. The van der Waals surface area contributed by atoms with Crippen LogP contribution in [-0.4, -0.2) is 30.7 Å². The van der Waals surface area contributed by atoms with Crippen LogP contribution in [0.2, 0.25) is 0 Å². The summed E-state index contributed by atoms with van der Waals surface area (Å²) in [6.07, 6.45) is 4.16. The molecule has 0 aliphatic carbocycles. The summed E-state index contributed by atoms with van der Waals surface area (Å²) in [6.45, 7) is 14.5. The Kier molecular flexibility index (Phi) is 6.45. The van der Waals surface area contributed by atoms with Gasteiger partial charge in [0.2, 0.25) is 0 Å². The number of unbranched alkanes of at least 4 members (excludes halogenated alkanes) is 2. The smallest absolute Gasteiger partial charge is 0.0786 e. The highest BCUT2D eigenvalue weighted by atomic mass is 15.3. The predicted octanol–water partition coefficient (Wildman–Crippen LogP) is 3.05. The van der Waals surface area contributed by atoms with Crippen LogP contribution in [0.3, 0.4) is 0 Å². The Hall–Kier alpha value is -0.0400. The summed E-state index contributed by atoms with van der Waals surface area (Å²) in [6, 6.07) is 0. The van der Waals surface area contributed by atoms with Gasteiger partial charge in [-0.3, -0.25) is 0 Å². The molecule has 0 aliphatic rings. The van der Waals surface area contributed by atoms with Gasteiger partial charge in [-0.15, -0.1) is 0 Å². The summed E-state index contributed by atoms with van der Waals surface area (Å²) in [7, 11) is 0. The van der Waals surface area contributed by atoms with E-state index < -0.39 is 0 Å². The number of hydrogen-bond acceptors (Lipinski definition) is 0. The van der Waals surface area contributed by atoms with Crippen molar-refractivity contribution in [1.29, 1.82) is 0 Å². The normalized spacial score (nSPS) is 12.0. The molecule has 0 bridgehead atoms. The molecule has 1 nitrogen and oxygen atoms in total. The maximum atomic E-state index is 2.32. The van der Waals surface area contributed by atoms with Gasteiger partial charge in [-0.1, -0.05) is 13.3 Å². The number of rotatable bonds is 7. The average molecular weight is 172 g/mol. The molecule has 0 aliphatic heterocycles. The van der Waals surface area contributed by atoms with Crippen molar-refractivity contribution in [1.82, 2.24) is 0 Å². The lowest BCUT2D eigenvalue weighted by Crippen LogP contribution is -2.48.